The number of nitrogens with one attached hydrogen (secondary N) is 1. The van der Waals surface area contributed by atoms with Crippen molar-refractivity contribution in [2.75, 3.05) is 0 Å². The van der Waals surface area contributed by atoms with Crippen molar-refractivity contribution in [3.8, 4) is 22.5 Å². The number of benzene rings is 2. The maximum Gasteiger partial charge on any atom is 0.205 e. The summed E-state index contributed by atoms with van der Waals surface area (Å²) >= 11 is 0. The zero-order chi connectivity index (χ0) is 23.9. The van der Waals surface area contributed by atoms with Gasteiger partial charge in [-0.1, -0.05) is 69.3 Å². The molecule has 0 saturated carbocycles. The number of nitrogens with zero attached hydrogens (tertiary/aromatic N) is 7. The van der Waals surface area contributed by atoms with Crippen LogP contribution in [0.5, 0.6) is 0 Å². The molecule has 0 atom stereocenters. The molecule has 0 unspecified atom stereocenters. The Labute approximate surface area is 198 Å². The number of aromatic amines is 1. The van der Waals surface area contributed by atoms with Gasteiger partial charge < -0.3 is 4.57 Å². The van der Waals surface area contributed by atoms with Crippen molar-refractivity contribution in [2.24, 2.45) is 5.41 Å². The molecule has 0 spiro atoms. The minimum atomic E-state index is 0.116. The maximum atomic E-state index is 5.00. The first-order valence-corrected chi connectivity index (χ1v) is 11.4. The van der Waals surface area contributed by atoms with Crippen molar-refractivity contribution in [3.05, 3.63) is 71.3 Å². The number of aryl methyl sites for hydroxylation is 2. The zero-order valence-corrected chi connectivity index (χ0v) is 20.2. The number of fused-ring (bicyclic) bond motifs is 1. The van der Waals surface area contributed by atoms with Gasteiger partial charge in [0, 0.05) is 18.5 Å². The fourth-order valence-electron chi connectivity index (χ4n) is 4.32. The SMILES string of the molecule is Cc1nnc(C)c2c1nc(CC(C)(C)C)n2Cc1ccc(-c2ccccc2-c2nn[nH]n2)cc1. The minimum absolute atomic E-state index is 0.116. The van der Waals surface area contributed by atoms with E-state index in [-0.39, 0.29) is 5.41 Å². The largest absolute Gasteiger partial charge is 0.322 e. The minimum Gasteiger partial charge on any atom is -0.322 e. The Kier molecular flexibility index (Phi) is 5.43. The maximum absolute atomic E-state index is 5.00. The number of rotatable bonds is 5. The van der Waals surface area contributed by atoms with E-state index in [1.807, 2.05) is 32.0 Å². The van der Waals surface area contributed by atoms with Gasteiger partial charge in [0.15, 0.2) is 0 Å². The van der Waals surface area contributed by atoms with Crippen LogP contribution in [0.1, 0.15) is 43.5 Å². The van der Waals surface area contributed by atoms with Crippen LogP contribution in [0.3, 0.4) is 0 Å². The molecule has 172 valence electrons. The Bertz CT molecular complexity index is 1440. The molecule has 0 aliphatic heterocycles. The summed E-state index contributed by atoms with van der Waals surface area (Å²) in [6.07, 6.45) is 0.872. The Morgan fingerprint density at radius 3 is 2.24 bits per heavy atom. The van der Waals surface area contributed by atoms with Crippen LogP contribution >= 0.6 is 0 Å². The van der Waals surface area contributed by atoms with Gasteiger partial charge in [0.2, 0.25) is 5.82 Å². The average Bonchev–Trinajstić information content (AvgIpc) is 3.46. The fraction of sp³-hybridized carbons (Fsp3) is 0.308. The number of hydrogen-bond acceptors (Lipinski definition) is 6. The van der Waals surface area contributed by atoms with Crippen LogP contribution in [0.2, 0.25) is 0 Å². The smallest absolute Gasteiger partial charge is 0.205 e. The molecular formula is C26H28N8. The lowest BCUT2D eigenvalue weighted by Gasteiger charge is -2.19. The van der Waals surface area contributed by atoms with E-state index in [1.165, 1.54) is 5.56 Å². The van der Waals surface area contributed by atoms with Crippen LogP contribution in [-0.2, 0) is 13.0 Å². The van der Waals surface area contributed by atoms with Crippen molar-refractivity contribution < 1.29 is 0 Å². The lowest BCUT2D eigenvalue weighted by molar-refractivity contribution is 0.394. The predicted molar refractivity (Wildman–Crippen MR) is 132 cm³/mol. The van der Waals surface area contributed by atoms with Crippen molar-refractivity contribution >= 4 is 11.0 Å². The summed E-state index contributed by atoms with van der Waals surface area (Å²) in [7, 11) is 0. The molecule has 0 aliphatic rings. The first kappa shape index (κ1) is 21.9. The summed E-state index contributed by atoms with van der Waals surface area (Å²) in [6.45, 7) is 11.4. The highest BCUT2D eigenvalue weighted by Crippen LogP contribution is 2.31. The molecule has 0 fully saturated rings. The molecule has 0 amide bonds. The number of imidazole rings is 1. The van der Waals surface area contributed by atoms with Gasteiger partial charge in [-0.15, -0.1) is 10.2 Å². The summed E-state index contributed by atoms with van der Waals surface area (Å²) in [6, 6.07) is 16.7. The van der Waals surface area contributed by atoms with Gasteiger partial charge >= 0.3 is 0 Å². The molecule has 0 aliphatic carbocycles. The van der Waals surface area contributed by atoms with E-state index in [0.29, 0.717) is 5.82 Å². The van der Waals surface area contributed by atoms with Crippen LogP contribution in [-0.4, -0.2) is 40.4 Å². The van der Waals surface area contributed by atoms with Crippen molar-refractivity contribution in [1.29, 1.82) is 0 Å². The molecule has 1 N–H and O–H groups in total. The molecular weight excluding hydrogens is 424 g/mol. The topological polar surface area (TPSA) is 98.1 Å². The molecule has 5 rings (SSSR count). The van der Waals surface area contributed by atoms with Crippen molar-refractivity contribution in [1.82, 2.24) is 40.4 Å². The van der Waals surface area contributed by atoms with Crippen LogP contribution in [0.4, 0.5) is 0 Å². The first-order valence-electron chi connectivity index (χ1n) is 11.4. The second kappa shape index (κ2) is 8.44. The predicted octanol–water partition coefficient (Wildman–Crippen LogP) is 4.93. The van der Waals surface area contributed by atoms with Crippen LogP contribution in [0, 0.1) is 19.3 Å². The summed E-state index contributed by atoms with van der Waals surface area (Å²) in [5, 5.41) is 23.2. The van der Waals surface area contributed by atoms with Gasteiger partial charge in [0.05, 0.1) is 16.9 Å². The van der Waals surface area contributed by atoms with Crippen LogP contribution < -0.4 is 0 Å². The fourth-order valence-corrected chi connectivity index (χ4v) is 4.32. The second-order valence-corrected chi connectivity index (χ2v) is 9.90. The molecule has 5 aromatic rings. The number of H-pyrrole nitrogens is 1. The molecule has 2 aromatic carbocycles. The Hall–Kier alpha value is -3.94. The highest BCUT2D eigenvalue weighted by Gasteiger charge is 2.21. The zero-order valence-electron chi connectivity index (χ0n) is 20.2. The van der Waals surface area contributed by atoms with Gasteiger partial charge in [-0.05, 0) is 41.2 Å². The molecule has 3 heterocycles. The third-order valence-corrected chi connectivity index (χ3v) is 5.89. The van der Waals surface area contributed by atoms with Gasteiger partial charge in [-0.3, -0.25) is 0 Å². The van der Waals surface area contributed by atoms with Crippen molar-refractivity contribution in [2.45, 2.75) is 47.6 Å². The van der Waals surface area contributed by atoms with Gasteiger partial charge in [0.25, 0.3) is 0 Å². The number of tetrazole rings is 1. The van der Waals surface area contributed by atoms with Gasteiger partial charge in [-0.25, -0.2) is 4.98 Å². The molecule has 0 saturated heterocycles. The van der Waals surface area contributed by atoms with E-state index in [0.717, 1.165) is 57.9 Å². The van der Waals surface area contributed by atoms with E-state index in [4.69, 9.17) is 4.98 Å². The molecule has 0 bridgehead atoms. The Morgan fingerprint density at radius 1 is 0.853 bits per heavy atom. The van der Waals surface area contributed by atoms with Crippen LogP contribution in [0.25, 0.3) is 33.5 Å². The monoisotopic (exact) mass is 452 g/mol. The van der Waals surface area contributed by atoms with E-state index in [9.17, 15) is 0 Å². The third-order valence-electron chi connectivity index (χ3n) is 5.89. The summed E-state index contributed by atoms with van der Waals surface area (Å²) in [5.41, 5.74) is 8.21. The lowest BCUT2D eigenvalue weighted by atomic mass is 9.92. The van der Waals surface area contributed by atoms with E-state index in [2.05, 4.69) is 86.5 Å². The average molecular weight is 453 g/mol. The first-order chi connectivity index (χ1) is 16.3. The summed E-state index contributed by atoms with van der Waals surface area (Å²) in [5.74, 6) is 1.65. The van der Waals surface area contributed by atoms with Crippen LogP contribution in [0.15, 0.2) is 48.5 Å². The third kappa shape index (κ3) is 4.19. The summed E-state index contributed by atoms with van der Waals surface area (Å²) < 4.78 is 2.31. The van der Waals surface area contributed by atoms with E-state index >= 15 is 0 Å². The Balaban J connectivity index is 1.53. The van der Waals surface area contributed by atoms with Crippen molar-refractivity contribution in [3.63, 3.8) is 0 Å². The lowest BCUT2D eigenvalue weighted by Crippen LogP contribution is -2.15. The van der Waals surface area contributed by atoms with Gasteiger partial charge in [-0.2, -0.15) is 15.4 Å². The number of hydrogen-bond donors (Lipinski definition) is 1. The standard InChI is InChI=1S/C26H28N8/c1-16-23-24(17(2)29-28-16)34(22(27-23)14-26(3,4)5)15-18-10-12-19(13-11-18)20-8-6-7-9-21(20)25-30-32-33-31-25/h6-13H,14-15H2,1-5H3,(H,30,31,32,33). The van der Waals surface area contributed by atoms with E-state index < -0.39 is 0 Å². The Morgan fingerprint density at radius 2 is 1.56 bits per heavy atom. The highest BCUT2D eigenvalue weighted by molar-refractivity contribution is 5.81. The molecule has 3 aromatic heterocycles. The number of aromatic nitrogens is 8. The molecule has 0 radical (unpaired) electrons. The highest BCUT2D eigenvalue weighted by atomic mass is 15.5. The summed E-state index contributed by atoms with van der Waals surface area (Å²) in [4.78, 5) is 5.00. The normalized spacial score (nSPS) is 11.9. The molecule has 8 nitrogen and oxygen atoms in total. The molecule has 34 heavy (non-hydrogen) atoms. The van der Waals surface area contributed by atoms with Gasteiger partial charge in [0.1, 0.15) is 11.3 Å². The van der Waals surface area contributed by atoms with E-state index in [1.54, 1.807) is 0 Å². The second-order valence-electron chi connectivity index (χ2n) is 9.90. The quantitative estimate of drug-likeness (QED) is 0.406. The molecule has 8 heteroatoms.